The van der Waals surface area contributed by atoms with Gasteiger partial charge >= 0.3 is 0 Å². The molecule has 0 saturated carbocycles. The summed E-state index contributed by atoms with van der Waals surface area (Å²) in [4.78, 5) is 14.3. The molecular weight excluding hydrogens is 214 g/mol. The fraction of sp³-hybridized carbons (Fsp3) is 0.500. The number of carbonyl (C=O) groups excluding carboxylic acids is 1. The summed E-state index contributed by atoms with van der Waals surface area (Å²) in [7, 11) is 1.63. The lowest BCUT2D eigenvalue weighted by molar-refractivity contribution is 0.0943. The Morgan fingerprint density at radius 3 is 2.65 bits per heavy atom. The van der Waals surface area contributed by atoms with Crippen LogP contribution in [0, 0.1) is 5.92 Å². The van der Waals surface area contributed by atoms with Crippen molar-refractivity contribution in [3.63, 3.8) is 0 Å². The number of ketones is 1. The third-order valence-corrected chi connectivity index (χ3v) is 3.29. The first-order chi connectivity index (χ1) is 8.19. The minimum Gasteiger partial charge on any atom is -0.497 e. The average molecular weight is 233 g/mol. The van der Waals surface area contributed by atoms with Crippen LogP contribution in [-0.2, 0) is 0 Å². The average Bonchev–Trinajstić information content (AvgIpc) is 2.75. The molecule has 17 heavy (non-hydrogen) atoms. The van der Waals surface area contributed by atoms with Crippen molar-refractivity contribution in [2.75, 3.05) is 26.7 Å². The third kappa shape index (κ3) is 3.07. The number of methoxy groups -OCH3 is 1. The van der Waals surface area contributed by atoms with E-state index in [2.05, 4.69) is 11.8 Å². The van der Waals surface area contributed by atoms with E-state index in [9.17, 15) is 4.79 Å². The largest absolute Gasteiger partial charge is 0.497 e. The molecular formula is C14H19NO2. The Morgan fingerprint density at radius 1 is 1.41 bits per heavy atom. The van der Waals surface area contributed by atoms with Gasteiger partial charge in [0.05, 0.1) is 13.7 Å². The van der Waals surface area contributed by atoms with Crippen LogP contribution in [0.15, 0.2) is 24.3 Å². The van der Waals surface area contributed by atoms with Gasteiger partial charge in [-0.1, -0.05) is 6.92 Å². The van der Waals surface area contributed by atoms with E-state index in [1.54, 1.807) is 7.11 Å². The summed E-state index contributed by atoms with van der Waals surface area (Å²) in [5, 5.41) is 0. The van der Waals surface area contributed by atoms with Gasteiger partial charge < -0.3 is 4.74 Å². The molecule has 0 spiro atoms. The molecule has 3 heteroatoms. The molecule has 1 unspecified atom stereocenters. The van der Waals surface area contributed by atoms with Crippen LogP contribution in [0.25, 0.3) is 0 Å². The summed E-state index contributed by atoms with van der Waals surface area (Å²) in [6.07, 6.45) is 1.20. The second-order valence-electron chi connectivity index (χ2n) is 4.78. The van der Waals surface area contributed by atoms with E-state index in [4.69, 9.17) is 4.74 Å². The molecule has 0 bridgehead atoms. The maximum Gasteiger partial charge on any atom is 0.176 e. The predicted octanol–water partition coefficient (Wildman–Crippen LogP) is 2.22. The molecule has 3 nitrogen and oxygen atoms in total. The zero-order chi connectivity index (χ0) is 12.3. The lowest BCUT2D eigenvalue weighted by Gasteiger charge is -2.14. The van der Waals surface area contributed by atoms with Crippen LogP contribution in [0.1, 0.15) is 23.7 Å². The van der Waals surface area contributed by atoms with Crippen molar-refractivity contribution in [1.29, 1.82) is 0 Å². The number of hydrogen-bond donors (Lipinski definition) is 0. The molecule has 0 aliphatic carbocycles. The molecule has 0 radical (unpaired) electrons. The van der Waals surface area contributed by atoms with Gasteiger partial charge in [-0.3, -0.25) is 9.69 Å². The summed E-state index contributed by atoms with van der Waals surface area (Å²) in [6.45, 7) is 4.86. The number of ether oxygens (including phenoxy) is 1. The molecule has 0 N–H and O–H groups in total. The number of Topliss-reactive ketones (excluding diaryl/α,β-unsaturated/α-hetero) is 1. The van der Waals surface area contributed by atoms with Gasteiger partial charge in [0.25, 0.3) is 0 Å². The SMILES string of the molecule is COc1ccc(C(=O)CN2CCC(C)C2)cc1. The summed E-state index contributed by atoms with van der Waals surface area (Å²) in [6, 6.07) is 7.33. The Balaban J connectivity index is 1.94. The molecule has 0 amide bonds. The van der Waals surface area contributed by atoms with E-state index in [-0.39, 0.29) is 5.78 Å². The minimum atomic E-state index is 0.196. The van der Waals surface area contributed by atoms with Crippen molar-refractivity contribution in [3.8, 4) is 5.75 Å². The molecule has 1 heterocycles. The van der Waals surface area contributed by atoms with Crippen LogP contribution in [0.3, 0.4) is 0 Å². The maximum atomic E-state index is 12.0. The van der Waals surface area contributed by atoms with E-state index in [1.807, 2.05) is 24.3 Å². The van der Waals surface area contributed by atoms with Crippen molar-refractivity contribution >= 4 is 5.78 Å². The van der Waals surface area contributed by atoms with Gasteiger partial charge in [-0.15, -0.1) is 0 Å². The Bertz CT molecular complexity index is 386. The van der Waals surface area contributed by atoms with Crippen LogP contribution in [-0.4, -0.2) is 37.4 Å². The van der Waals surface area contributed by atoms with Gasteiger partial charge in [0.2, 0.25) is 0 Å². The predicted molar refractivity (Wildman–Crippen MR) is 67.5 cm³/mol. The highest BCUT2D eigenvalue weighted by Crippen LogP contribution is 2.16. The molecule has 1 aromatic carbocycles. The minimum absolute atomic E-state index is 0.196. The number of rotatable bonds is 4. The molecule has 92 valence electrons. The van der Waals surface area contributed by atoms with E-state index in [0.29, 0.717) is 6.54 Å². The van der Waals surface area contributed by atoms with E-state index >= 15 is 0 Å². The summed E-state index contributed by atoms with van der Waals surface area (Å²) >= 11 is 0. The smallest absolute Gasteiger partial charge is 0.176 e. The quantitative estimate of drug-likeness (QED) is 0.747. The molecule has 1 saturated heterocycles. The number of hydrogen-bond acceptors (Lipinski definition) is 3. The molecule has 2 rings (SSSR count). The highest BCUT2D eigenvalue weighted by Gasteiger charge is 2.21. The van der Waals surface area contributed by atoms with Gasteiger partial charge in [0, 0.05) is 12.1 Å². The first-order valence-electron chi connectivity index (χ1n) is 6.08. The van der Waals surface area contributed by atoms with E-state index < -0.39 is 0 Å². The number of carbonyl (C=O) groups is 1. The third-order valence-electron chi connectivity index (χ3n) is 3.29. The topological polar surface area (TPSA) is 29.5 Å². The lowest BCUT2D eigenvalue weighted by atomic mass is 10.1. The lowest BCUT2D eigenvalue weighted by Crippen LogP contribution is -2.27. The van der Waals surface area contributed by atoms with Gasteiger partial charge in [-0.25, -0.2) is 0 Å². The fourth-order valence-corrected chi connectivity index (χ4v) is 2.24. The van der Waals surface area contributed by atoms with Gasteiger partial charge in [-0.05, 0) is 43.1 Å². The van der Waals surface area contributed by atoms with Crippen LogP contribution in [0.5, 0.6) is 5.75 Å². The van der Waals surface area contributed by atoms with E-state index in [1.165, 1.54) is 6.42 Å². The molecule has 1 aromatic rings. The Morgan fingerprint density at radius 2 is 2.12 bits per heavy atom. The monoisotopic (exact) mass is 233 g/mol. The molecule has 1 aliphatic heterocycles. The molecule has 1 aliphatic rings. The summed E-state index contributed by atoms with van der Waals surface area (Å²) in [5.41, 5.74) is 0.769. The van der Waals surface area contributed by atoms with Crippen LogP contribution < -0.4 is 4.74 Å². The Kier molecular flexibility index (Phi) is 3.79. The zero-order valence-corrected chi connectivity index (χ0v) is 10.5. The highest BCUT2D eigenvalue weighted by atomic mass is 16.5. The Hall–Kier alpha value is -1.35. The molecule has 1 atom stereocenters. The van der Waals surface area contributed by atoms with Crippen LogP contribution in [0.4, 0.5) is 0 Å². The molecule has 1 fully saturated rings. The number of benzene rings is 1. The van der Waals surface area contributed by atoms with Crippen molar-refractivity contribution in [3.05, 3.63) is 29.8 Å². The van der Waals surface area contributed by atoms with Crippen LogP contribution >= 0.6 is 0 Å². The second-order valence-corrected chi connectivity index (χ2v) is 4.78. The van der Waals surface area contributed by atoms with Crippen molar-refractivity contribution in [1.82, 2.24) is 4.90 Å². The van der Waals surface area contributed by atoms with Crippen molar-refractivity contribution in [2.45, 2.75) is 13.3 Å². The van der Waals surface area contributed by atoms with Gasteiger partial charge in [0.15, 0.2) is 5.78 Å². The highest BCUT2D eigenvalue weighted by molar-refractivity contribution is 5.97. The molecule has 0 aromatic heterocycles. The van der Waals surface area contributed by atoms with E-state index in [0.717, 1.165) is 30.3 Å². The van der Waals surface area contributed by atoms with Crippen LogP contribution in [0.2, 0.25) is 0 Å². The van der Waals surface area contributed by atoms with Crippen molar-refractivity contribution in [2.24, 2.45) is 5.92 Å². The maximum absolute atomic E-state index is 12.0. The van der Waals surface area contributed by atoms with Crippen molar-refractivity contribution < 1.29 is 9.53 Å². The number of likely N-dealkylation sites (tertiary alicyclic amines) is 1. The summed E-state index contributed by atoms with van der Waals surface area (Å²) in [5.74, 6) is 1.71. The fourth-order valence-electron chi connectivity index (χ4n) is 2.24. The first-order valence-corrected chi connectivity index (χ1v) is 6.08. The Labute approximate surface area is 102 Å². The summed E-state index contributed by atoms with van der Waals surface area (Å²) < 4.78 is 5.07. The normalized spacial score (nSPS) is 20.5. The standard InChI is InChI=1S/C14H19NO2/c1-11-7-8-15(9-11)10-14(16)12-3-5-13(17-2)6-4-12/h3-6,11H,7-10H2,1-2H3. The second kappa shape index (κ2) is 5.32. The van der Waals surface area contributed by atoms with Gasteiger partial charge in [0.1, 0.15) is 5.75 Å². The first kappa shape index (κ1) is 12.1. The van der Waals surface area contributed by atoms with Gasteiger partial charge in [-0.2, -0.15) is 0 Å². The zero-order valence-electron chi connectivity index (χ0n) is 10.5. The number of nitrogens with zero attached hydrogens (tertiary/aromatic N) is 1.